The van der Waals surface area contributed by atoms with E-state index in [1.807, 2.05) is 24.3 Å². The molecule has 0 aliphatic heterocycles. The lowest BCUT2D eigenvalue weighted by atomic mass is 10.0. The van der Waals surface area contributed by atoms with Crippen molar-refractivity contribution in [3.05, 3.63) is 70.5 Å². The van der Waals surface area contributed by atoms with Crippen LogP contribution in [0.2, 0.25) is 0 Å². The van der Waals surface area contributed by atoms with Crippen LogP contribution in [-0.2, 0) is 6.54 Å². The van der Waals surface area contributed by atoms with Crippen molar-refractivity contribution in [3.8, 4) is 0 Å². The van der Waals surface area contributed by atoms with Gasteiger partial charge in [0.2, 0.25) is 5.95 Å². The lowest BCUT2D eigenvalue weighted by molar-refractivity contribution is 0.286. The average molecular weight is 350 g/mol. The van der Waals surface area contributed by atoms with Crippen molar-refractivity contribution in [2.45, 2.75) is 26.4 Å². The molecule has 2 N–H and O–H groups in total. The van der Waals surface area contributed by atoms with Crippen molar-refractivity contribution in [1.82, 2.24) is 14.9 Å². The minimum Gasteiger partial charge on any atom is -0.351 e. The van der Waals surface area contributed by atoms with Crippen molar-refractivity contribution in [2.75, 3.05) is 18.9 Å². The van der Waals surface area contributed by atoms with E-state index in [-0.39, 0.29) is 11.6 Å². The Bertz CT molecular complexity index is 905. The van der Waals surface area contributed by atoms with Gasteiger partial charge in [0.25, 0.3) is 5.56 Å². The zero-order chi connectivity index (χ0) is 18.5. The van der Waals surface area contributed by atoms with Crippen LogP contribution in [-0.4, -0.2) is 34.5 Å². The third-order valence-corrected chi connectivity index (χ3v) is 4.54. The fourth-order valence-corrected chi connectivity index (χ4v) is 3.05. The molecule has 136 valence electrons. The van der Waals surface area contributed by atoms with Crippen LogP contribution in [0.3, 0.4) is 0 Å². The van der Waals surface area contributed by atoms with Gasteiger partial charge in [-0.3, -0.25) is 9.78 Å². The summed E-state index contributed by atoms with van der Waals surface area (Å²) in [5.74, 6) is 0.922. The second-order valence-corrected chi connectivity index (χ2v) is 7.11. The van der Waals surface area contributed by atoms with Crippen molar-refractivity contribution in [3.63, 3.8) is 0 Å². The topological polar surface area (TPSA) is 61.0 Å². The summed E-state index contributed by atoms with van der Waals surface area (Å²) in [6, 6.07) is 18.0. The van der Waals surface area contributed by atoms with Gasteiger partial charge in [0, 0.05) is 19.1 Å². The van der Waals surface area contributed by atoms with Crippen LogP contribution in [0, 0.1) is 5.92 Å². The Morgan fingerprint density at radius 1 is 1.08 bits per heavy atom. The molecule has 1 heterocycles. The molecule has 0 radical (unpaired) electrons. The molecule has 0 saturated heterocycles. The van der Waals surface area contributed by atoms with Gasteiger partial charge in [-0.05, 0) is 30.7 Å². The van der Waals surface area contributed by atoms with Crippen molar-refractivity contribution in [2.24, 2.45) is 5.92 Å². The van der Waals surface area contributed by atoms with E-state index < -0.39 is 0 Å². The minimum atomic E-state index is -0.113. The molecule has 5 heteroatoms. The second kappa shape index (κ2) is 8.15. The molecule has 2 aromatic carbocycles. The number of hydrogen-bond acceptors (Lipinski definition) is 4. The maximum absolute atomic E-state index is 12.3. The van der Waals surface area contributed by atoms with Gasteiger partial charge in [0.05, 0.1) is 10.9 Å². The third-order valence-electron chi connectivity index (χ3n) is 4.54. The number of aromatic nitrogens is 2. The highest BCUT2D eigenvalue weighted by Gasteiger charge is 2.17. The fourth-order valence-electron chi connectivity index (χ4n) is 3.05. The summed E-state index contributed by atoms with van der Waals surface area (Å²) in [5, 5.41) is 4.03. The number of nitrogens with zero attached hydrogens (tertiary/aromatic N) is 2. The van der Waals surface area contributed by atoms with Crippen molar-refractivity contribution in [1.29, 1.82) is 0 Å². The Labute approximate surface area is 154 Å². The van der Waals surface area contributed by atoms with Crippen LogP contribution in [0.5, 0.6) is 0 Å². The molecule has 0 bridgehead atoms. The molecule has 0 aliphatic rings. The summed E-state index contributed by atoms with van der Waals surface area (Å²) in [5.41, 5.74) is 1.88. The van der Waals surface area contributed by atoms with E-state index in [9.17, 15) is 4.79 Å². The monoisotopic (exact) mass is 350 g/mol. The SMILES string of the molecule is CC(C)C(CN(C)Cc1ccccc1)Nc1nc2ccccc2c(=O)[nH]1. The lowest BCUT2D eigenvalue weighted by Crippen LogP contribution is -2.38. The number of fused-ring (bicyclic) bond motifs is 1. The number of hydrogen-bond donors (Lipinski definition) is 2. The van der Waals surface area contributed by atoms with Crippen LogP contribution in [0.15, 0.2) is 59.4 Å². The highest BCUT2D eigenvalue weighted by molar-refractivity contribution is 5.78. The summed E-state index contributed by atoms with van der Waals surface area (Å²) in [6.45, 7) is 6.08. The van der Waals surface area contributed by atoms with E-state index in [0.29, 0.717) is 22.8 Å². The van der Waals surface area contributed by atoms with Gasteiger partial charge < -0.3 is 10.2 Å². The quantitative estimate of drug-likeness (QED) is 0.685. The molecule has 3 rings (SSSR count). The number of H-pyrrole nitrogens is 1. The van der Waals surface area contributed by atoms with Gasteiger partial charge in [-0.15, -0.1) is 0 Å². The van der Waals surface area contributed by atoms with Crippen LogP contribution in [0.4, 0.5) is 5.95 Å². The lowest BCUT2D eigenvalue weighted by Gasteiger charge is -2.28. The first-order valence-electron chi connectivity index (χ1n) is 9.01. The number of benzene rings is 2. The first-order valence-corrected chi connectivity index (χ1v) is 9.01. The molecule has 1 aromatic heterocycles. The standard InChI is InChI=1S/C21H26N4O/c1-15(2)19(14-25(3)13-16-9-5-4-6-10-16)23-21-22-18-12-8-7-11-17(18)20(26)24-21/h4-12,15,19H,13-14H2,1-3H3,(H2,22,23,24,26). The van der Waals surface area contributed by atoms with Crippen LogP contribution in [0.1, 0.15) is 19.4 Å². The molecule has 0 aliphatic carbocycles. The third kappa shape index (κ3) is 4.49. The van der Waals surface area contributed by atoms with Gasteiger partial charge in [-0.2, -0.15) is 0 Å². The van der Waals surface area contributed by atoms with E-state index in [4.69, 9.17) is 0 Å². The molecule has 0 amide bonds. The minimum absolute atomic E-state index is 0.113. The van der Waals surface area contributed by atoms with Gasteiger partial charge in [-0.1, -0.05) is 56.3 Å². The zero-order valence-electron chi connectivity index (χ0n) is 15.6. The van der Waals surface area contributed by atoms with E-state index in [1.54, 1.807) is 6.07 Å². The smallest absolute Gasteiger partial charge is 0.260 e. The highest BCUT2D eigenvalue weighted by Crippen LogP contribution is 2.13. The summed E-state index contributed by atoms with van der Waals surface area (Å²) in [6.07, 6.45) is 0. The second-order valence-electron chi connectivity index (χ2n) is 7.11. The summed E-state index contributed by atoms with van der Waals surface area (Å²) >= 11 is 0. The number of likely N-dealkylation sites (N-methyl/N-ethyl adjacent to an activating group) is 1. The predicted molar refractivity (Wildman–Crippen MR) is 107 cm³/mol. The zero-order valence-corrected chi connectivity index (χ0v) is 15.6. The number of aromatic amines is 1. The number of rotatable bonds is 7. The van der Waals surface area contributed by atoms with Crippen molar-refractivity contribution >= 4 is 16.9 Å². The van der Waals surface area contributed by atoms with Crippen molar-refractivity contribution < 1.29 is 0 Å². The summed E-state index contributed by atoms with van der Waals surface area (Å²) in [7, 11) is 2.11. The molecule has 0 saturated carbocycles. The molecule has 5 nitrogen and oxygen atoms in total. The largest absolute Gasteiger partial charge is 0.351 e. The molecular weight excluding hydrogens is 324 g/mol. The maximum Gasteiger partial charge on any atom is 0.260 e. The normalized spacial score (nSPS) is 12.7. The van der Waals surface area contributed by atoms with Crippen LogP contribution in [0.25, 0.3) is 10.9 Å². The van der Waals surface area contributed by atoms with E-state index in [2.05, 4.69) is 65.3 Å². The van der Waals surface area contributed by atoms with E-state index in [0.717, 1.165) is 13.1 Å². The molecule has 3 aromatic rings. The first kappa shape index (κ1) is 18.1. The molecule has 26 heavy (non-hydrogen) atoms. The first-order chi connectivity index (χ1) is 12.5. The fraction of sp³-hybridized carbons (Fsp3) is 0.333. The maximum atomic E-state index is 12.3. The molecule has 1 unspecified atom stereocenters. The number of anilines is 1. The molecule has 1 atom stereocenters. The Morgan fingerprint density at radius 2 is 1.77 bits per heavy atom. The Balaban J connectivity index is 1.73. The van der Waals surface area contributed by atoms with Gasteiger partial charge >= 0.3 is 0 Å². The number of nitrogens with one attached hydrogen (secondary N) is 2. The Hall–Kier alpha value is -2.66. The summed E-state index contributed by atoms with van der Waals surface area (Å²) in [4.78, 5) is 22.0. The van der Waals surface area contributed by atoms with Gasteiger partial charge in [0.15, 0.2) is 0 Å². The van der Waals surface area contributed by atoms with E-state index >= 15 is 0 Å². The molecular formula is C21H26N4O. The molecule has 0 fully saturated rings. The van der Waals surface area contributed by atoms with E-state index in [1.165, 1.54) is 5.56 Å². The molecule has 0 spiro atoms. The average Bonchev–Trinajstić information content (AvgIpc) is 2.62. The van der Waals surface area contributed by atoms with Gasteiger partial charge in [0.1, 0.15) is 0 Å². The van der Waals surface area contributed by atoms with Crippen LogP contribution < -0.4 is 10.9 Å². The highest BCUT2D eigenvalue weighted by atomic mass is 16.1. The Kier molecular flexibility index (Phi) is 5.68. The van der Waals surface area contributed by atoms with Gasteiger partial charge in [-0.25, -0.2) is 4.98 Å². The summed E-state index contributed by atoms with van der Waals surface area (Å²) < 4.78 is 0. The Morgan fingerprint density at radius 3 is 2.50 bits per heavy atom. The number of para-hydroxylation sites is 1. The van der Waals surface area contributed by atoms with Crippen LogP contribution >= 0.6 is 0 Å². The predicted octanol–water partition coefficient (Wildman–Crippen LogP) is 3.49.